The third-order valence-corrected chi connectivity index (χ3v) is 2.55. The molecule has 0 aliphatic rings. The number of benzene rings is 1. The molecule has 1 aromatic heterocycles. The minimum absolute atomic E-state index is 0.403. The SMILES string of the molecule is NC(=O)c1cc(N)ccc1NCCn1ccnc1. The van der Waals surface area contributed by atoms with E-state index in [0.717, 1.165) is 6.54 Å². The van der Waals surface area contributed by atoms with E-state index in [1.54, 1.807) is 30.7 Å². The molecule has 0 spiro atoms. The lowest BCUT2D eigenvalue weighted by Gasteiger charge is -2.11. The fourth-order valence-corrected chi connectivity index (χ4v) is 1.66. The fourth-order valence-electron chi connectivity index (χ4n) is 1.66. The van der Waals surface area contributed by atoms with Gasteiger partial charge in [0.1, 0.15) is 0 Å². The van der Waals surface area contributed by atoms with Crippen molar-refractivity contribution in [1.82, 2.24) is 9.55 Å². The van der Waals surface area contributed by atoms with Crippen molar-refractivity contribution in [3.05, 3.63) is 42.5 Å². The van der Waals surface area contributed by atoms with Crippen molar-refractivity contribution in [1.29, 1.82) is 0 Å². The maximum atomic E-state index is 11.3. The summed E-state index contributed by atoms with van der Waals surface area (Å²) in [4.78, 5) is 15.2. The third kappa shape index (κ3) is 2.79. The smallest absolute Gasteiger partial charge is 0.250 e. The van der Waals surface area contributed by atoms with Crippen LogP contribution in [0.3, 0.4) is 0 Å². The molecular formula is C12H15N5O. The number of nitrogens with one attached hydrogen (secondary N) is 1. The summed E-state index contributed by atoms with van der Waals surface area (Å²) in [5.41, 5.74) is 12.5. The minimum Gasteiger partial charge on any atom is -0.399 e. The van der Waals surface area contributed by atoms with Crippen LogP contribution in [0.2, 0.25) is 0 Å². The van der Waals surface area contributed by atoms with Crippen LogP contribution in [0.4, 0.5) is 11.4 Å². The quantitative estimate of drug-likeness (QED) is 0.674. The molecule has 1 amide bonds. The first-order valence-electron chi connectivity index (χ1n) is 5.56. The van der Waals surface area contributed by atoms with Gasteiger partial charge in [0.15, 0.2) is 0 Å². The Morgan fingerprint density at radius 3 is 2.94 bits per heavy atom. The Morgan fingerprint density at radius 2 is 2.28 bits per heavy atom. The Labute approximate surface area is 105 Å². The molecule has 0 fully saturated rings. The molecule has 6 heteroatoms. The average molecular weight is 245 g/mol. The molecule has 6 nitrogen and oxygen atoms in total. The topological polar surface area (TPSA) is 99.0 Å². The van der Waals surface area contributed by atoms with Crippen molar-refractivity contribution in [3.63, 3.8) is 0 Å². The maximum absolute atomic E-state index is 11.3. The number of anilines is 2. The Balaban J connectivity index is 2.02. The fraction of sp³-hybridized carbons (Fsp3) is 0.167. The summed E-state index contributed by atoms with van der Waals surface area (Å²) in [6, 6.07) is 5.05. The van der Waals surface area contributed by atoms with Crippen LogP contribution in [0.5, 0.6) is 0 Å². The number of nitrogens with two attached hydrogens (primary N) is 2. The number of carbonyl (C=O) groups excluding carboxylic acids is 1. The van der Waals surface area contributed by atoms with E-state index in [9.17, 15) is 4.79 Å². The maximum Gasteiger partial charge on any atom is 0.250 e. The predicted octanol–water partition coefficient (Wildman–Crippen LogP) is 0.676. The van der Waals surface area contributed by atoms with E-state index in [4.69, 9.17) is 11.5 Å². The molecule has 94 valence electrons. The number of nitrogens with zero attached hydrogens (tertiary/aromatic N) is 2. The van der Waals surface area contributed by atoms with Crippen LogP contribution in [0.1, 0.15) is 10.4 Å². The molecule has 2 rings (SSSR count). The van der Waals surface area contributed by atoms with Crippen LogP contribution in [0.15, 0.2) is 36.9 Å². The van der Waals surface area contributed by atoms with Crippen molar-refractivity contribution in [3.8, 4) is 0 Å². The van der Waals surface area contributed by atoms with Gasteiger partial charge >= 0.3 is 0 Å². The predicted molar refractivity (Wildman–Crippen MR) is 70.1 cm³/mol. The van der Waals surface area contributed by atoms with Crippen LogP contribution >= 0.6 is 0 Å². The summed E-state index contributed by atoms with van der Waals surface area (Å²) in [6.07, 6.45) is 5.33. The van der Waals surface area contributed by atoms with Gasteiger partial charge in [0.25, 0.3) is 5.91 Å². The number of amides is 1. The van der Waals surface area contributed by atoms with Gasteiger partial charge in [0, 0.05) is 36.9 Å². The Bertz CT molecular complexity index is 535. The summed E-state index contributed by atoms with van der Waals surface area (Å²) in [6.45, 7) is 1.42. The monoisotopic (exact) mass is 245 g/mol. The molecule has 18 heavy (non-hydrogen) atoms. The van der Waals surface area contributed by atoms with Crippen molar-refractivity contribution < 1.29 is 4.79 Å². The molecule has 0 aliphatic carbocycles. The molecule has 0 saturated heterocycles. The Kier molecular flexibility index (Phi) is 3.47. The van der Waals surface area contributed by atoms with E-state index in [2.05, 4.69) is 10.3 Å². The second kappa shape index (κ2) is 5.22. The van der Waals surface area contributed by atoms with Crippen molar-refractivity contribution >= 4 is 17.3 Å². The second-order valence-electron chi connectivity index (χ2n) is 3.90. The zero-order valence-electron chi connectivity index (χ0n) is 9.84. The highest BCUT2D eigenvalue weighted by atomic mass is 16.1. The van der Waals surface area contributed by atoms with Gasteiger partial charge in [-0.25, -0.2) is 4.98 Å². The van der Waals surface area contributed by atoms with Crippen LogP contribution in [0.25, 0.3) is 0 Å². The van der Waals surface area contributed by atoms with Gasteiger partial charge in [-0.15, -0.1) is 0 Å². The second-order valence-corrected chi connectivity index (χ2v) is 3.90. The molecule has 0 unspecified atom stereocenters. The number of carbonyl (C=O) groups is 1. The van der Waals surface area contributed by atoms with Crippen molar-refractivity contribution in [2.45, 2.75) is 6.54 Å². The van der Waals surface area contributed by atoms with Crippen molar-refractivity contribution in [2.75, 3.05) is 17.6 Å². The molecule has 0 atom stereocenters. The highest BCUT2D eigenvalue weighted by Gasteiger charge is 2.07. The molecule has 0 bridgehead atoms. The molecule has 0 saturated carbocycles. The molecular weight excluding hydrogens is 230 g/mol. The lowest BCUT2D eigenvalue weighted by molar-refractivity contribution is 0.100. The van der Waals surface area contributed by atoms with Gasteiger partial charge in [0.2, 0.25) is 0 Å². The Morgan fingerprint density at radius 1 is 1.44 bits per heavy atom. The zero-order valence-corrected chi connectivity index (χ0v) is 9.84. The first kappa shape index (κ1) is 12.0. The van der Waals surface area contributed by atoms with Gasteiger partial charge in [-0.1, -0.05) is 0 Å². The number of aromatic nitrogens is 2. The third-order valence-electron chi connectivity index (χ3n) is 2.55. The van der Waals surface area contributed by atoms with Gasteiger partial charge in [-0.3, -0.25) is 4.79 Å². The van der Waals surface area contributed by atoms with Gasteiger partial charge in [0.05, 0.1) is 11.9 Å². The number of primary amides is 1. The summed E-state index contributed by atoms with van der Waals surface area (Å²) >= 11 is 0. The van der Waals surface area contributed by atoms with Crippen LogP contribution in [-0.2, 0) is 6.54 Å². The lowest BCUT2D eigenvalue weighted by atomic mass is 10.1. The van der Waals surface area contributed by atoms with Crippen LogP contribution in [-0.4, -0.2) is 22.0 Å². The van der Waals surface area contributed by atoms with E-state index >= 15 is 0 Å². The van der Waals surface area contributed by atoms with E-state index in [0.29, 0.717) is 23.5 Å². The zero-order chi connectivity index (χ0) is 13.0. The number of rotatable bonds is 5. The molecule has 1 heterocycles. The number of nitrogen functional groups attached to an aromatic ring is 1. The van der Waals surface area contributed by atoms with E-state index in [-0.39, 0.29) is 0 Å². The normalized spacial score (nSPS) is 10.2. The summed E-state index contributed by atoms with van der Waals surface area (Å²) in [5.74, 6) is -0.493. The molecule has 5 N–H and O–H groups in total. The number of hydrogen-bond acceptors (Lipinski definition) is 4. The first-order valence-corrected chi connectivity index (χ1v) is 5.56. The van der Waals surface area contributed by atoms with Gasteiger partial charge in [-0.2, -0.15) is 0 Å². The van der Waals surface area contributed by atoms with Gasteiger partial charge < -0.3 is 21.4 Å². The van der Waals surface area contributed by atoms with Crippen molar-refractivity contribution in [2.24, 2.45) is 5.73 Å². The summed E-state index contributed by atoms with van der Waals surface area (Å²) < 4.78 is 1.94. The molecule has 2 aromatic rings. The van der Waals surface area contributed by atoms with E-state index in [1.807, 2.05) is 10.8 Å². The minimum atomic E-state index is -0.493. The van der Waals surface area contributed by atoms with E-state index in [1.165, 1.54) is 0 Å². The lowest BCUT2D eigenvalue weighted by Crippen LogP contribution is -2.16. The molecule has 0 aliphatic heterocycles. The summed E-state index contributed by atoms with van der Waals surface area (Å²) in [7, 11) is 0. The van der Waals surface area contributed by atoms with Crippen LogP contribution in [0, 0.1) is 0 Å². The highest BCUT2D eigenvalue weighted by Crippen LogP contribution is 2.18. The standard InChI is InChI=1S/C12H15N5O/c13-9-1-2-11(10(7-9)12(14)18)16-4-6-17-5-3-15-8-17/h1-3,5,7-8,16H,4,6,13H2,(H2,14,18). The average Bonchev–Trinajstić information content (AvgIpc) is 2.84. The summed E-state index contributed by atoms with van der Waals surface area (Å²) in [5, 5.41) is 3.16. The molecule has 0 radical (unpaired) electrons. The number of imidazole rings is 1. The van der Waals surface area contributed by atoms with E-state index < -0.39 is 5.91 Å². The Hall–Kier alpha value is -2.50. The highest BCUT2D eigenvalue weighted by molar-refractivity contribution is 5.99. The van der Waals surface area contributed by atoms with Gasteiger partial charge in [-0.05, 0) is 18.2 Å². The largest absolute Gasteiger partial charge is 0.399 e. The molecule has 1 aromatic carbocycles. The first-order chi connectivity index (χ1) is 8.66. The van der Waals surface area contributed by atoms with Crippen LogP contribution < -0.4 is 16.8 Å². The number of hydrogen-bond donors (Lipinski definition) is 3.